The van der Waals surface area contributed by atoms with E-state index in [4.69, 9.17) is 0 Å². The van der Waals surface area contributed by atoms with Crippen LogP contribution in [0.3, 0.4) is 0 Å². The zero-order valence-corrected chi connectivity index (χ0v) is 10.8. The predicted octanol–water partition coefficient (Wildman–Crippen LogP) is 2.25. The molecule has 0 saturated heterocycles. The molecular weight excluding hydrogens is 302 g/mol. The number of nitro groups is 2. The van der Waals surface area contributed by atoms with Crippen molar-refractivity contribution >= 4 is 5.78 Å². The van der Waals surface area contributed by atoms with Gasteiger partial charge in [-0.25, -0.2) is 0 Å². The highest BCUT2D eigenvalue weighted by Gasteiger charge is 2.74. The zero-order valence-electron chi connectivity index (χ0n) is 10.8. The SMILES string of the molecule is O=C(C1=CC([N+](=O)[O-])([N+](=O)[O-])C(F)(F)C=C1)c1ccccc1. The fraction of sp³-hybridized carbons (Fsp3) is 0.154. The highest BCUT2D eigenvalue weighted by molar-refractivity contribution is 6.10. The van der Waals surface area contributed by atoms with Gasteiger partial charge in [0.25, 0.3) is 0 Å². The number of carbonyl (C=O) groups is 1. The van der Waals surface area contributed by atoms with Crippen molar-refractivity contribution in [1.29, 1.82) is 0 Å². The molecule has 0 heterocycles. The topological polar surface area (TPSA) is 103 Å². The van der Waals surface area contributed by atoms with Gasteiger partial charge in [-0.15, -0.1) is 0 Å². The van der Waals surface area contributed by atoms with Gasteiger partial charge in [0.05, 0.1) is 6.08 Å². The molecule has 1 aliphatic carbocycles. The van der Waals surface area contributed by atoms with Gasteiger partial charge in [-0.3, -0.25) is 25.0 Å². The minimum absolute atomic E-state index is 0.00870. The van der Waals surface area contributed by atoms with Crippen LogP contribution in [0.2, 0.25) is 0 Å². The van der Waals surface area contributed by atoms with Crippen LogP contribution in [-0.4, -0.2) is 27.2 Å². The summed E-state index contributed by atoms with van der Waals surface area (Å²) in [5.41, 5.74) is -4.36. The summed E-state index contributed by atoms with van der Waals surface area (Å²) in [7, 11) is 0. The lowest BCUT2D eigenvalue weighted by Crippen LogP contribution is -2.59. The third-order valence-corrected chi connectivity index (χ3v) is 3.17. The first kappa shape index (κ1) is 15.4. The smallest absolute Gasteiger partial charge is 0.289 e. The van der Waals surface area contributed by atoms with Crippen LogP contribution in [0.25, 0.3) is 0 Å². The van der Waals surface area contributed by atoms with Crippen LogP contribution in [0.4, 0.5) is 8.78 Å². The number of hydrogen-bond acceptors (Lipinski definition) is 5. The van der Waals surface area contributed by atoms with Gasteiger partial charge in [-0.05, 0) is 6.08 Å². The molecule has 1 aromatic carbocycles. The lowest BCUT2D eigenvalue weighted by atomic mass is 9.90. The summed E-state index contributed by atoms with van der Waals surface area (Å²) in [5.74, 6) is -5.18. The van der Waals surface area contributed by atoms with E-state index in [1.165, 1.54) is 24.3 Å². The molecule has 0 aromatic heterocycles. The van der Waals surface area contributed by atoms with E-state index in [2.05, 4.69) is 0 Å². The zero-order chi connectivity index (χ0) is 16.5. The molecule has 0 unspecified atom stereocenters. The highest BCUT2D eigenvalue weighted by Crippen LogP contribution is 2.39. The molecule has 0 spiro atoms. The quantitative estimate of drug-likeness (QED) is 0.367. The van der Waals surface area contributed by atoms with Gasteiger partial charge in [0.2, 0.25) is 0 Å². The first-order chi connectivity index (χ1) is 10.2. The van der Waals surface area contributed by atoms with Gasteiger partial charge in [0.1, 0.15) is 9.85 Å². The van der Waals surface area contributed by atoms with Gasteiger partial charge in [0, 0.05) is 17.2 Å². The second kappa shape index (κ2) is 5.10. The van der Waals surface area contributed by atoms with Crippen molar-refractivity contribution in [3.8, 4) is 0 Å². The fourth-order valence-corrected chi connectivity index (χ4v) is 1.99. The lowest BCUT2D eigenvalue weighted by molar-refractivity contribution is -0.801. The van der Waals surface area contributed by atoms with Crippen LogP contribution in [-0.2, 0) is 0 Å². The van der Waals surface area contributed by atoms with Crippen molar-refractivity contribution < 1.29 is 23.4 Å². The van der Waals surface area contributed by atoms with Gasteiger partial charge >= 0.3 is 11.6 Å². The fourth-order valence-electron chi connectivity index (χ4n) is 1.99. The van der Waals surface area contributed by atoms with Crippen LogP contribution in [0.5, 0.6) is 0 Å². The molecule has 1 aromatic rings. The Morgan fingerprint density at radius 2 is 1.59 bits per heavy atom. The van der Waals surface area contributed by atoms with Crippen molar-refractivity contribution in [2.45, 2.75) is 11.6 Å². The summed E-state index contributed by atoms with van der Waals surface area (Å²) >= 11 is 0. The molecule has 22 heavy (non-hydrogen) atoms. The molecular formula is C13H8F2N2O5. The maximum absolute atomic E-state index is 13.7. The number of allylic oxidation sites excluding steroid dienone is 2. The summed E-state index contributed by atoms with van der Waals surface area (Å²) in [6.45, 7) is 0. The predicted molar refractivity (Wildman–Crippen MR) is 69.7 cm³/mol. The number of Topliss-reactive ketones (excluding diaryl/α,β-unsaturated/α-hetero) is 1. The molecule has 0 aliphatic heterocycles. The molecule has 0 saturated carbocycles. The monoisotopic (exact) mass is 310 g/mol. The van der Waals surface area contributed by atoms with Crippen LogP contribution in [0, 0.1) is 20.2 Å². The van der Waals surface area contributed by atoms with Crippen LogP contribution >= 0.6 is 0 Å². The first-order valence-corrected chi connectivity index (χ1v) is 5.91. The minimum Gasteiger partial charge on any atom is -0.289 e. The van der Waals surface area contributed by atoms with E-state index < -0.39 is 32.8 Å². The van der Waals surface area contributed by atoms with Crippen molar-refractivity contribution in [1.82, 2.24) is 0 Å². The van der Waals surface area contributed by atoms with E-state index in [1.54, 1.807) is 6.07 Å². The summed E-state index contributed by atoms with van der Waals surface area (Å²) in [4.78, 5) is 30.6. The number of benzene rings is 1. The number of halogens is 2. The van der Waals surface area contributed by atoms with Gasteiger partial charge in [0.15, 0.2) is 5.78 Å². The third-order valence-electron chi connectivity index (χ3n) is 3.17. The van der Waals surface area contributed by atoms with E-state index >= 15 is 0 Å². The van der Waals surface area contributed by atoms with Crippen LogP contribution in [0.1, 0.15) is 10.4 Å². The number of carbonyl (C=O) groups excluding carboxylic acids is 1. The Morgan fingerprint density at radius 1 is 1.05 bits per heavy atom. The van der Waals surface area contributed by atoms with E-state index in [1.807, 2.05) is 0 Å². The Morgan fingerprint density at radius 3 is 2.09 bits per heavy atom. The van der Waals surface area contributed by atoms with E-state index in [0.717, 1.165) is 0 Å². The van der Waals surface area contributed by atoms with E-state index in [0.29, 0.717) is 6.08 Å². The summed E-state index contributed by atoms with van der Waals surface area (Å²) in [6, 6.07) is 7.34. The highest BCUT2D eigenvalue weighted by atomic mass is 19.3. The van der Waals surface area contributed by atoms with Crippen molar-refractivity contribution in [3.05, 3.63) is 79.9 Å². The molecule has 1 aliphatic rings. The number of ketones is 1. The van der Waals surface area contributed by atoms with Gasteiger partial charge in [-0.2, -0.15) is 8.78 Å². The molecule has 0 bridgehead atoms. The Kier molecular flexibility index (Phi) is 3.57. The van der Waals surface area contributed by atoms with Gasteiger partial charge < -0.3 is 0 Å². The normalized spacial score (nSPS) is 18.4. The molecule has 0 fully saturated rings. The number of alkyl halides is 2. The van der Waals surface area contributed by atoms with E-state index in [9.17, 15) is 33.8 Å². The molecule has 114 valence electrons. The number of nitrogens with zero attached hydrogens (tertiary/aromatic N) is 2. The van der Waals surface area contributed by atoms with Gasteiger partial charge in [-0.1, -0.05) is 30.3 Å². The largest absolute Gasteiger partial charge is 0.543 e. The molecule has 0 N–H and O–H groups in total. The molecule has 0 amide bonds. The number of hydrogen-bond donors (Lipinski definition) is 0. The van der Waals surface area contributed by atoms with Crippen LogP contribution < -0.4 is 0 Å². The standard InChI is InChI=1S/C13H8F2N2O5/c14-12(15)7-6-10(8-13(12,16(19)20)17(21)22)11(18)9-4-2-1-3-5-9/h1-8H. The number of rotatable bonds is 4. The summed E-state index contributed by atoms with van der Waals surface area (Å²) in [6.07, 6.45) is 0.762. The Balaban J connectivity index is 2.58. The van der Waals surface area contributed by atoms with E-state index in [-0.39, 0.29) is 17.7 Å². The average Bonchev–Trinajstić information content (AvgIpc) is 2.46. The van der Waals surface area contributed by atoms with Crippen molar-refractivity contribution in [3.63, 3.8) is 0 Å². The molecule has 0 atom stereocenters. The average molecular weight is 310 g/mol. The molecule has 0 radical (unpaired) electrons. The first-order valence-electron chi connectivity index (χ1n) is 5.91. The second-order valence-electron chi connectivity index (χ2n) is 4.49. The lowest BCUT2D eigenvalue weighted by Gasteiger charge is -2.23. The Bertz CT molecular complexity index is 698. The maximum atomic E-state index is 13.7. The van der Waals surface area contributed by atoms with Crippen molar-refractivity contribution in [2.75, 3.05) is 0 Å². The minimum atomic E-state index is -4.36. The Labute approximate surface area is 121 Å². The second-order valence-corrected chi connectivity index (χ2v) is 4.49. The maximum Gasteiger partial charge on any atom is 0.543 e. The molecule has 7 nitrogen and oxygen atoms in total. The summed E-state index contributed by atoms with van der Waals surface area (Å²) < 4.78 is 27.5. The van der Waals surface area contributed by atoms with Crippen LogP contribution in [0.15, 0.2) is 54.1 Å². The third kappa shape index (κ3) is 2.16. The molecule has 9 heteroatoms. The van der Waals surface area contributed by atoms with Crippen molar-refractivity contribution in [2.24, 2.45) is 0 Å². The molecule has 2 rings (SSSR count). The Hall–Kier alpha value is -2.97. The summed E-state index contributed by atoms with van der Waals surface area (Å²) in [5, 5.41) is 21.9.